The molecule has 40 heavy (non-hydrogen) atoms. The van der Waals surface area contributed by atoms with Crippen LogP contribution in [0.4, 0.5) is 0 Å². The molecule has 0 spiro atoms. The SMILES string of the molecule is O=C(O)/C=C\C(=O)O.O=c1c2sc(-c3ccc(Cl)cc3)cc2ncn1-c1ccc(OCCN2CCCC2)c(Cl)c1. The minimum Gasteiger partial charge on any atom is -0.491 e. The van der Waals surface area contributed by atoms with Crippen molar-refractivity contribution >= 4 is 56.7 Å². The summed E-state index contributed by atoms with van der Waals surface area (Å²) in [6.07, 6.45) is 5.18. The first-order chi connectivity index (χ1) is 19.2. The Morgan fingerprint density at radius 2 is 1.68 bits per heavy atom. The van der Waals surface area contributed by atoms with Crippen molar-refractivity contribution < 1.29 is 24.5 Å². The number of rotatable bonds is 8. The lowest BCUT2D eigenvalue weighted by atomic mass is 10.2. The third-order valence-electron chi connectivity index (χ3n) is 5.99. The number of aliphatic carboxylic acids is 2. The van der Waals surface area contributed by atoms with E-state index in [0.29, 0.717) is 50.5 Å². The molecule has 9 nitrogen and oxygen atoms in total. The number of aromatic nitrogens is 2. The smallest absolute Gasteiger partial charge is 0.328 e. The van der Waals surface area contributed by atoms with Crippen LogP contribution in [0.1, 0.15) is 12.8 Å². The summed E-state index contributed by atoms with van der Waals surface area (Å²) in [5.74, 6) is -1.89. The fourth-order valence-electron chi connectivity index (χ4n) is 4.04. The Balaban J connectivity index is 0.000000406. The molecule has 0 bridgehead atoms. The summed E-state index contributed by atoms with van der Waals surface area (Å²) in [5.41, 5.74) is 2.21. The molecule has 0 radical (unpaired) electrons. The number of carbonyl (C=O) groups is 2. The number of ether oxygens (including phenoxy) is 1. The van der Waals surface area contributed by atoms with Crippen LogP contribution in [-0.4, -0.2) is 62.8 Å². The van der Waals surface area contributed by atoms with Crippen molar-refractivity contribution in [3.8, 4) is 21.9 Å². The third-order valence-corrected chi connectivity index (χ3v) is 7.70. The van der Waals surface area contributed by atoms with Crippen molar-refractivity contribution in [1.82, 2.24) is 14.5 Å². The lowest BCUT2D eigenvalue weighted by molar-refractivity contribution is -0.134. The molecule has 0 atom stereocenters. The Kier molecular flexibility index (Phi) is 9.94. The van der Waals surface area contributed by atoms with E-state index in [1.54, 1.807) is 12.4 Å². The maximum atomic E-state index is 13.2. The Labute approximate surface area is 243 Å². The van der Waals surface area contributed by atoms with Gasteiger partial charge < -0.3 is 14.9 Å². The number of benzene rings is 2. The van der Waals surface area contributed by atoms with E-state index in [-0.39, 0.29) is 5.56 Å². The highest BCUT2D eigenvalue weighted by atomic mass is 35.5. The van der Waals surface area contributed by atoms with Gasteiger partial charge in [0.25, 0.3) is 5.56 Å². The summed E-state index contributed by atoms with van der Waals surface area (Å²) in [7, 11) is 0. The number of likely N-dealkylation sites (tertiary alicyclic amines) is 1. The normalized spacial score (nSPS) is 13.3. The monoisotopic (exact) mass is 601 g/mol. The molecule has 5 rings (SSSR count). The number of hydrogen-bond donors (Lipinski definition) is 2. The molecule has 0 saturated carbocycles. The van der Waals surface area contributed by atoms with Crippen molar-refractivity contribution in [1.29, 1.82) is 0 Å². The van der Waals surface area contributed by atoms with Gasteiger partial charge in [-0.3, -0.25) is 14.3 Å². The summed E-state index contributed by atoms with van der Waals surface area (Å²) < 4.78 is 7.98. The van der Waals surface area contributed by atoms with Gasteiger partial charge in [0.2, 0.25) is 0 Å². The van der Waals surface area contributed by atoms with E-state index in [2.05, 4.69) is 9.88 Å². The minimum atomic E-state index is -1.26. The topological polar surface area (TPSA) is 122 Å². The first-order valence-corrected chi connectivity index (χ1v) is 13.8. The molecule has 12 heteroatoms. The fourth-order valence-corrected chi connectivity index (χ4v) is 5.44. The number of halogens is 2. The zero-order chi connectivity index (χ0) is 28.6. The molecule has 1 saturated heterocycles. The molecule has 0 aliphatic carbocycles. The van der Waals surface area contributed by atoms with E-state index in [1.165, 1.54) is 28.7 Å². The van der Waals surface area contributed by atoms with Crippen molar-refractivity contribution in [3.63, 3.8) is 0 Å². The summed E-state index contributed by atoms with van der Waals surface area (Å²) in [4.78, 5) is 40.1. The molecule has 2 aromatic carbocycles. The van der Waals surface area contributed by atoms with Gasteiger partial charge in [-0.05, 0) is 67.9 Å². The van der Waals surface area contributed by atoms with Gasteiger partial charge in [-0.2, -0.15) is 0 Å². The van der Waals surface area contributed by atoms with Crippen LogP contribution in [0.2, 0.25) is 10.0 Å². The maximum absolute atomic E-state index is 13.2. The predicted molar refractivity (Wildman–Crippen MR) is 156 cm³/mol. The second kappa shape index (κ2) is 13.6. The Morgan fingerprint density at radius 3 is 2.30 bits per heavy atom. The lowest BCUT2D eigenvalue weighted by Gasteiger charge is -2.16. The van der Waals surface area contributed by atoms with Gasteiger partial charge in [0.1, 0.15) is 23.4 Å². The Morgan fingerprint density at radius 1 is 1.00 bits per heavy atom. The van der Waals surface area contributed by atoms with Crippen LogP contribution in [0.5, 0.6) is 5.75 Å². The number of carboxylic acids is 2. The average molecular weight is 602 g/mol. The number of carboxylic acid groups (broad SMARTS) is 2. The van der Waals surface area contributed by atoms with E-state index in [9.17, 15) is 14.4 Å². The van der Waals surface area contributed by atoms with Crippen LogP contribution >= 0.6 is 34.5 Å². The van der Waals surface area contributed by atoms with Crippen molar-refractivity contribution in [3.05, 3.63) is 87.4 Å². The van der Waals surface area contributed by atoms with E-state index in [1.807, 2.05) is 42.5 Å². The van der Waals surface area contributed by atoms with E-state index in [0.717, 1.165) is 30.1 Å². The second-order valence-electron chi connectivity index (χ2n) is 8.77. The van der Waals surface area contributed by atoms with E-state index < -0.39 is 11.9 Å². The largest absolute Gasteiger partial charge is 0.491 e. The first-order valence-electron chi connectivity index (χ1n) is 12.3. The first kappa shape index (κ1) is 29.3. The molecule has 208 valence electrons. The van der Waals surface area contributed by atoms with Crippen LogP contribution in [0.3, 0.4) is 0 Å². The predicted octanol–water partition coefficient (Wildman–Crippen LogP) is 5.61. The van der Waals surface area contributed by atoms with Gasteiger partial charge in [0, 0.05) is 28.6 Å². The fraction of sp³-hybridized carbons (Fsp3) is 0.214. The number of hydrogen-bond acceptors (Lipinski definition) is 7. The molecule has 3 heterocycles. The van der Waals surface area contributed by atoms with Crippen LogP contribution in [0.25, 0.3) is 26.3 Å². The summed E-state index contributed by atoms with van der Waals surface area (Å²) >= 11 is 13.9. The van der Waals surface area contributed by atoms with Crippen LogP contribution in [0, 0.1) is 0 Å². The zero-order valence-electron chi connectivity index (χ0n) is 21.1. The highest BCUT2D eigenvalue weighted by molar-refractivity contribution is 7.22. The van der Waals surface area contributed by atoms with Gasteiger partial charge >= 0.3 is 11.9 Å². The molecule has 4 aromatic rings. The van der Waals surface area contributed by atoms with Crippen molar-refractivity contribution in [2.45, 2.75) is 12.8 Å². The summed E-state index contributed by atoms with van der Waals surface area (Å²) in [6.45, 7) is 3.76. The van der Waals surface area contributed by atoms with Gasteiger partial charge in [-0.25, -0.2) is 14.6 Å². The molecule has 2 N–H and O–H groups in total. The number of fused-ring (bicyclic) bond motifs is 1. The quantitative estimate of drug-likeness (QED) is 0.250. The molecule has 1 fully saturated rings. The number of thiophene rings is 1. The lowest BCUT2D eigenvalue weighted by Crippen LogP contribution is -2.25. The van der Waals surface area contributed by atoms with Crippen LogP contribution < -0.4 is 10.3 Å². The van der Waals surface area contributed by atoms with Gasteiger partial charge in [-0.1, -0.05) is 35.3 Å². The molecule has 0 unspecified atom stereocenters. The highest BCUT2D eigenvalue weighted by Gasteiger charge is 2.14. The molecular weight excluding hydrogens is 577 g/mol. The average Bonchev–Trinajstić information content (AvgIpc) is 3.60. The van der Waals surface area contributed by atoms with Crippen molar-refractivity contribution in [2.75, 3.05) is 26.2 Å². The maximum Gasteiger partial charge on any atom is 0.328 e. The van der Waals surface area contributed by atoms with Gasteiger partial charge in [-0.15, -0.1) is 11.3 Å². The summed E-state index contributed by atoms with van der Waals surface area (Å²) in [6, 6.07) is 14.9. The summed E-state index contributed by atoms with van der Waals surface area (Å²) in [5, 5.41) is 16.8. The molecule has 1 aliphatic rings. The van der Waals surface area contributed by atoms with Crippen LogP contribution in [0.15, 0.2) is 71.8 Å². The van der Waals surface area contributed by atoms with Gasteiger partial charge in [0.15, 0.2) is 0 Å². The van der Waals surface area contributed by atoms with Crippen LogP contribution in [-0.2, 0) is 9.59 Å². The standard InChI is InChI=1S/C24H21Cl2N3O2S.C4H4O4/c25-17-5-3-16(4-6-17)22-14-20-23(32-22)24(30)29(15-27-20)18-7-8-21(19(26)13-18)31-12-11-28-9-1-2-10-28;5-3(6)1-2-4(7)8/h3-8,13-15H,1-2,9-12H2;1-2H,(H,5,6)(H,7,8)/b;2-1-. The third kappa shape index (κ3) is 7.70. The molecule has 2 aromatic heterocycles. The zero-order valence-corrected chi connectivity index (χ0v) is 23.5. The molecule has 1 aliphatic heterocycles. The highest BCUT2D eigenvalue weighted by Crippen LogP contribution is 2.32. The number of nitrogens with zero attached hydrogens (tertiary/aromatic N) is 3. The minimum absolute atomic E-state index is 0.126. The van der Waals surface area contributed by atoms with E-state index in [4.69, 9.17) is 38.2 Å². The van der Waals surface area contributed by atoms with E-state index >= 15 is 0 Å². The van der Waals surface area contributed by atoms with Crippen molar-refractivity contribution in [2.24, 2.45) is 0 Å². The molecular formula is C28H25Cl2N3O6S. The Bertz CT molecular complexity index is 1580. The van der Waals surface area contributed by atoms with Gasteiger partial charge in [0.05, 0.1) is 16.2 Å². The Hall–Kier alpha value is -3.70. The molecule has 0 amide bonds. The second-order valence-corrected chi connectivity index (χ2v) is 10.7.